The van der Waals surface area contributed by atoms with E-state index in [0.29, 0.717) is 23.2 Å². The van der Waals surface area contributed by atoms with Gasteiger partial charge in [-0.25, -0.2) is 0 Å². The third-order valence-corrected chi connectivity index (χ3v) is 4.32. The van der Waals surface area contributed by atoms with Crippen LogP contribution < -0.4 is 10.6 Å². The lowest BCUT2D eigenvalue weighted by molar-refractivity contribution is -0.137. The van der Waals surface area contributed by atoms with Crippen molar-refractivity contribution in [3.63, 3.8) is 0 Å². The zero-order valence-electron chi connectivity index (χ0n) is 14.2. The van der Waals surface area contributed by atoms with E-state index in [9.17, 15) is 19.2 Å². The SMILES string of the molecule is CN(C)CC(=O)Nc1cccc2c1CN(C1CCC(=O)NC1=O)C2=O. The smallest absolute Gasteiger partial charge is 0.255 e. The van der Waals surface area contributed by atoms with Crippen molar-refractivity contribution in [3.8, 4) is 0 Å². The van der Waals surface area contributed by atoms with E-state index in [1.165, 1.54) is 4.90 Å². The van der Waals surface area contributed by atoms with Gasteiger partial charge in [-0.3, -0.25) is 24.5 Å². The molecule has 0 saturated carbocycles. The molecule has 1 aromatic rings. The number of benzene rings is 1. The van der Waals surface area contributed by atoms with Gasteiger partial charge in [0.2, 0.25) is 17.7 Å². The van der Waals surface area contributed by atoms with Crippen LogP contribution in [0.15, 0.2) is 18.2 Å². The number of carbonyl (C=O) groups is 4. The number of likely N-dealkylation sites (N-methyl/N-ethyl adjacent to an activating group) is 1. The Morgan fingerprint density at radius 1 is 1.32 bits per heavy atom. The largest absolute Gasteiger partial charge is 0.325 e. The summed E-state index contributed by atoms with van der Waals surface area (Å²) in [6.45, 7) is 0.466. The van der Waals surface area contributed by atoms with Gasteiger partial charge in [-0.2, -0.15) is 0 Å². The van der Waals surface area contributed by atoms with Crippen LogP contribution >= 0.6 is 0 Å². The van der Waals surface area contributed by atoms with Gasteiger partial charge in [-0.05, 0) is 32.6 Å². The summed E-state index contributed by atoms with van der Waals surface area (Å²) in [6.07, 6.45) is 0.523. The van der Waals surface area contributed by atoms with Gasteiger partial charge in [0.25, 0.3) is 5.91 Å². The summed E-state index contributed by atoms with van der Waals surface area (Å²) in [5, 5.41) is 5.10. The molecular weight excluding hydrogens is 324 g/mol. The maximum absolute atomic E-state index is 12.7. The Bertz CT molecular complexity index is 759. The Hall–Kier alpha value is -2.74. The molecular formula is C17H20N4O4. The van der Waals surface area contributed by atoms with Gasteiger partial charge in [0.05, 0.1) is 6.54 Å². The molecule has 0 radical (unpaired) electrons. The Morgan fingerprint density at radius 3 is 2.76 bits per heavy atom. The van der Waals surface area contributed by atoms with E-state index in [1.54, 1.807) is 37.2 Å². The average molecular weight is 344 g/mol. The molecule has 132 valence electrons. The number of piperidine rings is 1. The van der Waals surface area contributed by atoms with Crippen LogP contribution in [0, 0.1) is 0 Å². The summed E-state index contributed by atoms with van der Waals surface area (Å²) in [5.41, 5.74) is 1.75. The molecule has 8 heteroatoms. The number of nitrogens with zero attached hydrogens (tertiary/aromatic N) is 2. The van der Waals surface area contributed by atoms with Crippen molar-refractivity contribution in [2.45, 2.75) is 25.4 Å². The topological polar surface area (TPSA) is 98.8 Å². The quantitative estimate of drug-likeness (QED) is 0.746. The summed E-state index contributed by atoms with van der Waals surface area (Å²) < 4.78 is 0. The normalized spacial score (nSPS) is 19.9. The fraction of sp³-hybridized carbons (Fsp3) is 0.412. The minimum Gasteiger partial charge on any atom is -0.325 e. The molecule has 1 aromatic carbocycles. The molecule has 2 N–H and O–H groups in total. The predicted molar refractivity (Wildman–Crippen MR) is 89.7 cm³/mol. The first-order valence-corrected chi connectivity index (χ1v) is 8.08. The fourth-order valence-corrected chi connectivity index (χ4v) is 3.18. The molecule has 4 amide bonds. The number of nitrogens with one attached hydrogen (secondary N) is 2. The Labute approximate surface area is 145 Å². The van der Waals surface area contributed by atoms with Crippen molar-refractivity contribution in [2.75, 3.05) is 26.0 Å². The van der Waals surface area contributed by atoms with Gasteiger partial charge in [-0.1, -0.05) is 6.07 Å². The van der Waals surface area contributed by atoms with Crippen molar-refractivity contribution in [1.82, 2.24) is 15.1 Å². The van der Waals surface area contributed by atoms with Gasteiger partial charge in [0.15, 0.2) is 0 Å². The number of carbonyl (C=O) groups excluding carboxylic acids is 4. The molecule has 1 saturated heterocycles. The maximum atomic E-state index is 12.7. The number of rotatable bonds is 4. The second-order valence-electron chi connectivity index (χ2n) is 6.52. The number of anilines is 1. The molecule has 1 atom stereocenters. The van der Waals surface area contributed by atoms with Crippen molar-refractivity contribution in [3.05, 3.63) is 29.3 Å². The molecule has 1 fully saturated rings. The number of hydrogen-bond acceptors (Lipinski definition) is 5. The van der Waals surface area contributed by atoms with Gasteiger partial charge >= 0.3 is 0 Å². The molecule has 2 aliphatic rings. The Kier molecular flexibility index (Phi) is 4.54. The van der Waals surface area contributed by atoms with Gasteiger partial charge < -0.3 is 15.1 Å². The van der Waals surface area contributed by atoms with E-state index in [4.69, 9.17) is 0 Å². The summed E-state index contributed by atoms with van der Waals surface area (Å²) >= 11 is 0. The predicted octanol–water partition coefficient (Wildman–Crippen LogP) is -0.0523. The van der Waals surface area contributed by atoms with Crippen molar-refractivity contribution < 1.29 is 19.2 Å². The fourth-order valence-electron chi connectivity index (χ4n) is 3.18. The standard InChI is InChI=1S/C17H20N4O4/c1-20(2)9-15(23)18-12-5-3-4-10-11(12)8-21(17(10)25)13-6-7-14(22)19-16(13)24/h3-5,13H,6-9H2,1-2H3,(H,18,23)(H,19,22,24). The van der Waals surface area contributed by atoms with E-state index >= 15 is 0 Å². The molecule has 0 bridgehead atoms. The monoisotopic (exact) mass is 344 g/mol. The highest BCUT2D eigenvalue weighted by atomic mass is 16.2. The van der Waals surface area contributed by atoms with E-state index in [1.807, 2.05) is 0 Å². The Morgan fingerprint density at radius 2 is 2.08 bits per heavy atom. The van der Waals surface area contributed by atoms with E-state index in [-0.39, 0.29) is 37.2 Å². The van der Waals surface area contributed by atoms with Gasteiger partial charge in [0.1, 0.15) is 6.04 Å². The van der Waals surface area contributed by atoms with Crippen LogP contribution in [0.5, 0.6) is 0 Å². The molecule has 0 aromatic heterocycles. The van der Waals surface area contributed by atoms with E-state index in [0.717, 1.165) is 0 Å². The van der Waals surface area contributed by atoms with Crippen LogP contribution in [0.4, 0.5) is 5.69 Å². The first-order valence-electron chi connectivity index (χ1n) is 8.08. The summed E-state index contributed by atoms with van der Waals surface area (Å²) in [4.78, 5) is 51.3. The lowest BCUT2D eigenvalue weighted by Gasteiger charge is -2.29. The third kappa shape index (κ3) is 3.39. The van der Waals surface area contributed by atoms with E-state index in [2.05, 4.69) is 10.6 Å². The zero-order chi connectivity index (χ0) is 18.1. The van der Waals surface area contributed by atoms with Crippen LogP contribution in [-0.4, -0.2) is 60.1 Å². The molecule has 2 aliphatic heterocycles. The van der Waals surface area contributed by atoms with Crippen LogP contribution in [0.3, 0.4) is 0 Å². The molecule has 0 spiro atoms. The summed E-state index contributed by atoms with van der Waals surface area (Å²) in [6, 6.07) is 4.47. The van der Waals surface area contributed by atoms with Crippen molar-refractivity contribution in [1.29, 1.82) is 0 Å². The first kappa shape index (κ1) is 17.1. The highest BCUT2D eigenvalue weighted by Crippen LogP contribution is 2.32. The van der Waals surface area contributed by atoms with Crippen molar-refractivity contribution in [2.24, 2.45) is 0 Å². The zero-order valence-corrected chi connectivity index (χ0v) is 14.2. The number of hydrogen-bond donors (Lipinski definition) is 2. The first-order chi connectivity index (χ1) is 11.9. The lowest BCUT2D eigenvalue weighted by atomic mass is 10.0. The Balaban J connectivity index is 1.81. The third-order valence-electron chi connectivity index (χ3n) is 4.32. The number of fused-ring (bicyclic) bond motifs is 1. The second-order valence-corrected chi connectivity index (χ2v) is 6.52. The number of amides is 4. The number of imide groups is 1. The molecule has 8 nitrogen and oxygen atoms in total. The van der Waals surface area contributed by atoms with E-state index < -0.39 is 11.9 Å². The minimum absolute atomic E-state index is 0.176. The van der Waals surface area contributed by atoms with Crippen LogP contribution in [0.2, 0.25) is 0 Å². The second kappa shape index (κ2) is 6.64. The molecule has 3 rings (SSSR count). The van der Waals surface area contributed by atoms with Gasteiger partial charge in [0, 0.05) is 29.8 Å². The molecule has 1 unspecified atom stereocenters. The van der Waals surface area contributed by atoms with Crippen LogP contribution in [0.25, 0.3) is 0 Å². The van der Waals surface area contributed by atoms with Crippen molar-refractivity contribution >= 4 is 29.3 Å². The summed E-state index contributed by atoms with van der Waals surface area (Å²) in [7, 11) is 3.59. The maximum Gasteiger partial charge on any atom is 0.255 e. The average Bonchev–Trinajstić information content (AvgIpc) is 2.85. The van der Waals surface area contributed by atoms with Crippen LogP contribution in [0.1, 0.15) is 28.8 Å². The van der Waals surface area contributed by atoms with Crippen LogP contribution in [-0.2, 0) is 20.9 Å². The molecule has 25 heavy (non-hydrogen) atoms. The highest BCUT2D eigenvalue weighted by molar-refractivity contribution is 6.06. The summed E-state index contributed by atoms with van der Waals surface area (Å²) in [5.74, 6) is -1.20. The van der Waals surface area contributed by atoms with Gasteiger partial charge in [-0.15, -0.1) is 0 Å². The minimum atomic E-state index is -0.664. The molecule has 0 aliphatic carbocycles. The lowest BCUT2D eigenvalue weighted by Crippen LogP contribution is -2.52. The highest BCUT2D eigenvalue weighted by Gasteiger charge is 2.39. The molecule has 2 heterocycles.